The zero-order valence-corrected chi connectivity index (χ0v) is 20.7. The van der Waals surface area contributed by atoms with Crippen LogP contribution in [0.4, 0.5) is 8.78 Å². The maximum Gasteiger partial charge on any atom is 0.165 e. The average Bonchev–Trinajstić information content (AvgIpc) is 2.90. The summed E-state index contributed by atoms with van der Waals surface area (Å²) in [6, 6.07) is 18.4. The van der Waals surface area contributed by atoms with Crippen molar-refractivity contribution >= 4 is 0 Å². The summed E-state index contributed by atoms with van der Waals surface area (Å²) in [7, 11) is 0. The van der Waals surface area contributed by atoms with Crippen LogP contribution in [0.2, 0.25) is 0 Å². The Kier molecular flexibility index (Phi) is 7.39. The number of fused-ring (bicyclic) bond motifs is 1. The van der Waals surface area contributed by atoms with Gasteiger partial charge in [0.25, 0.3) is 0 Å². The van der Waals surface area contributed by atoms with Crippen LogP contribution in [0.1, 0.15) is 55.9 Å². The molecule has 0 saturated heterocycles. The lowest BCUT2D eigenvalue weighted by Crippen LogP contribution is -2.37. The van der Waals surface area contributed by atoms with Crippen molar-refractivity contribution in [1.82, 2.24) is 0 Å². The van der Waals surface area contributed by atoms with Gasteiger partial charge in [0.2, 0.25) is 0 Å². The normalized spacial score (nSPS) is 20.6. The molecular weight excluding hydrogens is 442 g/mol. The number of benzene rings is 3. The largest absolute Gasteiger partial charge is 0.491 e. The highest BCUT2D eigenvalue weighted by atomic mass is 19.1. The zero-order valence-electron chi connectivity index (χ0n) is 20.7. The molecule has 0 aliphatic heterocycles. The number of ether oxygens (including phenoxy) is 2. The molecule has 0 saturated carbocycles. The van der Waals surface area contributed by atoms with Crippen LogP contribution in [0.25, 0.3) is 0 Å². The molecule has 4 heteroatoms. The molecule has 182 valence electrons. The third-order valence-corrected chi connectivity index (χ3v) is 6.84. The summed E-state index contributed by atoms with van der Waals surface area (Å²) in [5.41, 5.74) is 2.75. The Hall–Kier alpha value is -3.40. The topological polar surface area (TPSA) is 18.5 Å². The molecule has 1 unspecified atom stereocenters. The molecule has 3 aromatic rings. The Morgan fingerprint density at radius 3 is 1.83 bits per heavy atom. The standard InChI is InChI=1S/C31H32F2O2/c1-5-34-29-17-15-23(19-27(29)32)31(24-16-18-30(35-6-2)28(33)20-24)22(4)12-8-7-11-21(3)25-13-9-10-14-26(25)31/h7-22H,5-6H2,1-4H3/b11-7-,12-8-/t21?,22-/m0/s1. The fourth-order valence-electron chi connectivity index (χ4n) is 5.25. The molecule has 0 heterocycles. The monoisotopic (exact) mass is 474 g/mol. The van der Waals surface area contributed by atoms with E-state index in [9.17, 15) is 0 Å². The molecule has 0 aromatic heterocycles. The van der Waals surface area contributed by atoms with Gasteiger partial charge in [-0.25, -0.2) is 8.78 Å². The summed E-state index contributed by atoms with van der Waals surface area (Å²) >= 11 is 0. The summed E-state index contributed by atoms with van der Waals surface area (Å²) in [4.78, 5) is 0. The van der Waals surface area contributed by atoms with Gasteiger partial charge in [-0.3, -0.25) is 0 Å². The van der Waals surface area contributed by atoms with E-state index < -0.39 is 17.0 Å². The van der Waals surface area contributed by atoms with E-state index in [1.807, 2.05) is 50.3 Å². The van der Waals surface area contributed by atoms with Crippen LogP contribution in [0.5, 0.6) is 11.5 Å². The summed E-state index contributed by atoms with van der Waals surface area (Å²) < 4.78 is 41.6. The number of hydrogen-bond acceptors (Lipinski definition) is 2. The Bertz CT molecular complexity index is 1190. The second kappa shape index (κ2) is 10.5. The Balaban J connectivity index is 2.10. The molecule has 0 fully saturated rings. The SMILES string of the molecule is CCOc1ccc(C2(c3ccc(OCC)c(F)c3)c3ccccc3C(C)/C=C\C=C/[C@@H]2C)cc1F. The second-order valence-corrected chi connectivity index (χ2v) is 8.90. The van der Waals surface area contributed by atoms with Gasteiger partial charge >= 0.3 is 0 Å². The van der Waals surface area contributed by atoms with Gasteiger partial charge in [-0.05, 0) is 72.2 Å². The molecule has 2 atom stereocenters. The minimum Gasteiger partial charge on any atom is -0.491 e. The van der Waals surface area contributed by atoms with Gasteiger partial charge in [0.05, 0.1) is 18.6 Å². The first-order valence-electron chi connectivity index (χ1n) is 12.2. The predicted octanol–water partition coefficient (Wildman–Crippen LogP) is 7.96. The van der Waals surface area contributed by atoms with Gasteiger partial charge in [0.15, 0.2) is 23.1 Å². The van der Waals surface area contributed by atoms with E-state index in [4.69, 9.17) is 9.47 Å². The third kappa shape index (κ3) is 4.50. The van der Waals surface area contributed by atoms with Crippen molar-refractivity contribution in [2.24, 2.45) is 5.92 Å². The van der Waals surface area contributed by atoms with E-state index in [2.05, 4.69) is 38.1 Å². The fraction of sp³-hybridized carbons (Fsp3) is 0.290. The molecule has 35 heavy (non-hydrogen) atoms. The van der Waals surface area contributed by atoms with Crippen LogP contribution in [-0.4, -0.2) is 13.2 Å². The molecule has 1 aliphatic rings. The number of hydrogen-bond donors (Lipinski definition) is 0. The molecule has 2 nitrogen and oxygen atoms in total. The van der Waals surface area contributed by atoms with Crippen LogP contribution in [0, 0.1) is 17.6 Å². The van der Waals surface area contributed by atoms with E-state index in [1.165, 1.54) is 12.1 Å². The predicted molar refractivity (Wildman–Crippen MR) is 137 cm³/mol. The van der Waals surface area contributed by atoms with Gasteiger partial charge in [0, 0.05) is 0 Å². The maximum absolute atomic E-state index is 15.3. The van der Waals surface area contributed by atoms with Crippen molar-refractivity contribution < 1.29 is 18.3 Å². The quantitative estimate of drug-likeness (QED) is 0.361. The molecule has 1 aliphatic carbocycles. The Labute approximate surface area is 206 Å². The lowest BCUT2D eigenvalue weighted by Gasteiger charge is -2.42. The molecule has 0 N–H and O–H groups in total. The Morgan fingerprint density at radius 1 is 0.743 bits per heavy atom. The fourth-order valence-corrected chi connectivity index (χ4v) is 5.25. The first kappa shape index (κ1) is 24.7. The Morgan fingerprint density at radius 2 is 1.29 bits per heavy atom. The van der Waals surface area contributed by atoms with E-state index in [0.717, 1.165) is 22.3 Å². The second-order valence-electron chi connectivity index (χ2n) is 8.90. The maximum atomic E-state index is 15.3. The number of rotatable bonds is 6. The lowest BCUT2D eigenvalue weighted by atomic mass is 9.60. The van der Waals surface area contributed by atoms with Gasteiger partial charge in [-0.1, -0.05) is 74.5 Å². The molecule has 0 spiro atoms. The van der Waals surface area contributed by atoms with Crippen LogP contribution in [0.3, 0.4) is 0 Å². The highest BCUT2D eigenvalue weighted by molar-refractivity contribution is 5.58. The van der Waals surface area contributed by atoms with E-state index >= 15 is 8.78 Å². The van der Waals surface area contributed by atoms with Crippen molar-refractivity contribution in [2.45, 2.75) is 39.0 Å². The zero-order chi connectivity index (χ0) is 25.0. The van der Waals surface area contributed by atoms with Crippen molar-refractivity contribution in [3.8, 4) is 11.5 Å². The summed E-state index contributed by atoms with van der Waals surface area (Å²) in [6.45, 7) is 8.63. The van der Waals surface area contributed by atoms with E-state index in [0.29, 0.717) is 13.2 Å². The summed E-state index contributed by atoms with van der Waals surface area (Å²) in [5.74, 6) is -0.476. The smallest absolute Gasteiger partial charge is 0.165 e. The first-order chi connectivity index (χ1) is 16.9. The minimum absolute atomic E-state index is 0.112. The van der Waals surface area contributed by atoms with Crippen molar-refractivity contribution in [3.63, 3.8) is 0 Å². The molecular formula is C31H32F2O2. The highest BCUT2D eigenvalue weighted by Crippen LogP contribution is 2.50. The molecule has 0 radical (unpaired) electrons. The minimum atomic E-state index is -0.857. The number of allylic oxidation sites excluding steroid dienone is 4. The van der Waals surface area contributed by atoms with Crippen molar-refractivity contribution in [1.29, 1.82) is 0 Å². The van der Waals surface area contributed by atoms with Crippen LogP contribution >= 0.6 is 0 Å². The van der Waals surface area contributed by atoms with Crippen LogP contribution in [-0.2, 0) is 5.41 Å². The average molecular weight is 475 g/mol. The molecule has 0 amide bonds. The van der Waals surface area contributed by atoms with Crippen LogP contribution in [0.15, 0.2) is 85.0 Å². The summed E-state index contributed by atoms with van der Waals surface area (Å²) in [6.07, 6.45) is 8.33. The summed E-state index contributed by atoms with van der Waals surface area (Å²) in [5, 5.41) is 0. The lowest BCUT2D eigenvalue weighted by molar-refractivity contribution is 0.319. The third-order valence-electron chi connectivity index (χ3n) is 6.84. The van der Waals surface area contributed by atoms with Crippen LogP contribution < -0.4 is 9.47 Å². The van der Waals surface area contributed by atoms with Gasteiger partial charge in [-0.2, -0.15) is 0 Å². The molecule has 4 rings (SSSR count). The van der Waals surface area contributed by atoms with Crippen molar-refractivity contribution in [2.75, 3.05) is 13.2 Å². The van der Waals surface area contributed by atoms with E-state index in [-0.39, 0.29) is 23.3 Å². The van der Waals surface area contributed by atoms with Gasteiger partial charge in [-0.15, -0.1) is 0 Å². The van der Waals surface area contributed by atoms with Gasteiger partial charge in [0.1, 0.15) is 0 Å². The first-order valence-corrected chi connectivity index (χ1v) is 12.2. The number of halogens is 2. The molecule has 0 bridgehead atoms. The van der Waals surface area contributed by atoms with Crippen molar-refractivity contribution in [3.05, 3.63) is 119 Å². The molecule has 3 aromatic carbocycles. The highest BCUT2D eigenvalue weighted by Gasteiger charge is 2.43. The van der Waals surface area contributed by atoms with E-state index in [1.54, 1.807) is 12.1 Å². The van der Waals surface area contributed by atoms with Gasteiger partial charge < -0.3 is 9.47 Å².